The van der Waals surface area contributed by atoms with Gasteiger partial charge in [0.1, 0.15) is 11.5 Å². The second-order valence-electron chi connectivity index (χ2n) is 4.38. The summed E-state index contributed by atoms with van der Waals surface area (Å²) in [5.41, 5.74) is 8.98. The summed E-state index contributed by atoms with van der Waals surface area (Å²) in [6.45, 7) is 0.552. The van der Waals surface area contributed by atoms with Gasteiger partial charge in [0.05, 0.1) is 17.1 Å². The van der Waals surface area contributed by atoms with E-state index in [1.54, 1.807) is 12.4 Å². The number of imidazole rings is 1. The van der Waals surface area contributed by atoms with E-state index in [1.165, 1.54) is 0 Å². The van der Waals surface area contributed by atoms with Crippen LogP contribution in [0.3, 0.4) is 0 Å². The molecule has 5 heteroatoms. The highest BCUT2D eigenvalue weighted by Crippen LogP contribution is 2.27. The van der Waals surface area contributed by atoms with E-state index in [0.717, 1.165) is 28.6 Å². The molecule has 3 aromatic rings. The van der Waals surface area contributed by atoms with Crippen LogP contribution in [0.4, 0.5) is 0 Å². The third kappa shape index (κ3) is 2.44. The first-order chi connectivity index (χ1) is 9.88. The summed E-state index contributed by atoms with van der Waals surface area (Å²) in [6, 6.07) is 11.6. The minimum Gasteiger partial charge on any atom is -0.340 e. The van der Waals surface area contributed by atoms with Gasteiger partial charge in [0.25, 0.3) is 0 Å². The van der Waals surface area contributed by atoms with E-state index in [-0.39, 0.29) is 0 Å². The molecule has 3 rings (SSSR count). The Morgan fingerprint density at radius 2 is 1.65 bits per heavy atom. The predicted octanol–water partition coefficient (Wildman–Crippen LogP) is 2.03. The highest BCUT2D eigenvalue weighted by molar-refractivity contribution is 5.74. The summed E-state index contributed by atoms with van der Waals surface area (Å²) in [5, 5.41) is 0. The van der Waals surface area contributed by atoms with Crippen LogP contribution in [0.2, 0.25) is 0 Å². The first kappa shape index (κ1) is 12.5. The first-order valence-electron chi connectivity index (χ1n) is 6.50. The predicted molar refractivity (Wildman–Crippen MR) is 77.8 cm³/mol. The number of nitrogens with zero attached hydrogens (tertiary/aromatic N) is 3. The van der Waals surface area contributed by atoms with Crippen LogP contribution in [0, 0.1) is 0 Å². The quantitative estimate of drug-likeness (QED) is 0.756. The van der Waals surface area contributed by atoms with Crippen molar-refractivity contribution in [3.05, 3.63) is 54.6 Å². The highest BCUT2D eigenvalue weighted by atomic mass is 15.0. The second kappa shape index (κ2) is 5.63. The van der Waals surface area contributed by atoms with Crippen LogP contribution in [0.15, 0.2) is 48.8 Å². The van der Waals surface area contributed by atoms with Crippen LogP contribution in [0.5, 0.6) is 0 Å². The first-order valence-corrected chi connectivity index (χ1v) is 6.50. The fourth-order valence-corrected chi connectivity index (χ4v) is 2.06. The molecule has 3 heterocycles. The molecule has 3 N–H and O–H groups in total. The van der Waals surface area contributed by atoms with Gasteiger partial charge in [0, 0.05) is 18.8 Å². The van der Waals surface area contributed by atoms with E-state index in [9.17, 15) is 0 Å². The fourth-order valence-electron chi connectivity index (χ4n) is 2.06. The topological polar surface area (TPSA) is 80.5 Å². The van der Waals surface area contributed by atoms with Crippen molar-refractivity contribution in [1.29, 1.82) is 0 Å². The summed E-state index contributed by atoms with van der Waals surface area (Å²) in [6.07, 6.45) is 4.22. The zero-order chi connectivity index (χ0) is 13.8. The smallest absolute Gasteiger partial charge is 0.116 e. The maximum absolute atomic E-state index is 5.61. The van der Waals surface area contributed by atoms with E-state index in [1.807, 2.05) is 36.4 Å². The van der Waals surface area contributed by atoms with E-state index in [4.69, 9.17) is 5.73 Å². The van der Waals surface area contributed by atoms with Crippen molar-refractivity contribution in [2.45, 2.75) is 6.42 Å². The minimum absolute atomic E-state index is 0.552. The Hall–Kier alpha value is -2.53. The van der Waals surface area contributed by atoms with Crippen LogP contribution in [0.25, 0.3) is 22.8 Å². The van der Waals surface area contributed by atoms with Gasteiger partial charge in [-0.25, -0.2) is 4.98 Å². The lowest BCUT2D eigenvalue weighted by Crippen LogP contribution is -2.03. The number of hydrogen-bond acceptors (Lipinski definition) is 4. The molecule has 0 saturated heterocycles. The molecule has 0 atom stereocenters. The lowest BCUT2D eigenvalue weighted by atomic mass is 10.2. The van der Waals surface area contributed by atoms with Crippen molar-refractivity contribution in [3.63, 3.8) is 0 Å². The molecule has 0 aliphatic rings. The zero-order valence-corrected chi connectivity index (χ0v) is 11.0. The number of nitrogens with two attached hydrogens (primary N) is 1. The van der Waals surface area contributed by atoms with Gasteiger partial charge in [-0.1, -0.05) is 12.1 Å². The summed E-state index contributed by atoms with van der Waals surface area (Å²) >= 11 is 0. The Balaban J connectivity index is 2.13. The number of nitrogens with one attached hydrogen (secondary N) is 1. The van der Waals surface area contributed by atoms with Gasteiger partial charge in [0.15, 0.2) is 0 Å². The SMILES string of the molecule is NCCc1nc(-c2ccccn2)c(-c2ccccn2)[nH]1. The summed E-state index contributed by atoms with van der Waals surface area (Å²) in [5.74, 6) is 0.855. The number of pyridine rings is 2. The molecule has 0 spiro atoms. The Morgan fingerprint density at radius 1 is 0.950 bits per heavy atom. The van der Waals surface area contributed by atoms with Crippen molar-refractivity contribution < 1.29 is 0 Å². The molecule has 20 heavy (non-hydrogen) atoms. The van der Waals surface area contributed by atoms with Crippen molar-refractivity contribution in [1.82, 2.24) is 19.9 Å². The summed E-state index contributed by atoms with van der Waals surface area (Å²) in [4.78, 5) is 16.7. The number of aromatic amines is 1. The Morgan fingerprint density at radius 3 is 2.25 bits per heavy atom. The summed E-state index contributed by atoms with van der Waals surface area (Å²) in [7, 11) is 0. The number of H-pyrrole nitrogens is 1. The molecule has 0 bridgehead atoms. The van der Waals surface area contributed by atoms with E-state index in [2.05, 4.69) is 19.9 Å². The van der Waals surface area contributed by atoms with Gasteiger partial charge in [-0.3, -0.25) is 9.97 Å². The van der Waals surface area contributed by atoms with E-state index in [0.29, 0.717) is 13.0 Å². The Kier molecular flexibility index (Phi) is 3.52. The van der Waals surface area contributed by atoms with Crippen molar-refractivity contribution in [2.75, 3.05) is 6.54 Å². The molecule has 0 fully saturated rings. The molecule has 0 aliphatic carbocycles. The fraction of sp³-hybridized carbons (Fsp3) is 0.133. The van der Waals surface area contributed by atoms with Gasteiger partial charge in [-0.05, 0) is 30.8 Å². The third-order valence-corrected chi connectivity index (χ3v) is 2.96. The number of rotatable bonds is 4. The van der Waals surface area contributed by atoms with Crippen LogP contribution >= 0.6 is 0 Å². The van der Waals surface area contributed by atoms with Crippen LogP contribution in [-0.4, -0.2) is 26.5 Å². The highest BCUT2D eigenvalue weighted by Gasteiger charge is 2.15. The van der Waals surface area contributed by atoms with E-state index >= 15 is 0 Å². The molecule has 5 nitrogen and oxygen atoms in total. The van der Waals surface area contributed by atoms with Crippen LogP contribution in [-0.2, 0) is 6.42 Å². The molecule has 0 aliphatic heterocycles. The van der Waals surface area contributed by atoms with Crippen molar-refractivity contribution in [3.8, 4) is 22.8 Å². The molecule has 0 unspecified atom stereocenters. The molecule has 0 amide bonds. The molecule has 0 radical (unpaired) electrons. The van der Waals surface area contributed by atoms with Gasteiger partial charge in [-0.15, -0.1) is 0 Å². The van der Waals surface area contributed by atoms with Crippen molar-refractivity contribution >= 4 is 0 Å². The van der Waals surface area contributed by atoms with Gasteiger partial charge in [0.2, 0.25) is 0 Å². The Bertz CT molecular complexity index is 619. The van der Waals surface area contributed by atoms with Crippen molar-refractivity contribution in [2.24, 2.45) is 5.73 Å². The molecule has 100 valence electrons. The van der Waals surface area contributed by atoms with Gasteiger partial charge >= 0.3 is 0 Å². The molecule has 0 saturated carbocycles. The molecule has 3 aromatic heterocycles. The number of hydrogen-bond donors (Lipinski definition) is 2. The van der Waals surface area contributed by atoms with E-state index < -0.39 is 0 Å². The largest absolute Gasteiger partial charge is 0.340 e. The standard InChI is InChI=1S/C15H15N5/c16-8-7-13-19-14(11-5-1-3-9-17-11)15(20-13)12-6-2-4-10-18-12/h1-6,9-10H,7-8,16H2,(H,19,20). The lowest BCUT2D eigenvalue weighted by molar-refractivity contribution is 0.895. The lowest BCUT2D eigenvalue weighted by Gasteiger charge is -2.00. The average molecular weight is 265 g/mol. The van der Waals surface area contributed by atoms with Gasteiger partial charge in [-0.2, -0.15) is 0 Å². The Labute approximate surface area is 116 Å². The number of aromatic nitrogens is 4. The molecular formula is C15H15N5. The zero-order valence-electron chi connectivity index (χ0n) is 11.0. The third-order valence-electron chi connectivity index (χ3n) is 2.96. The van der Waals surface area contributed by atoms with Crippen LogP contribution in [0.1, 0.15) is 5.82 Å². The van der Waals surface area contributed by atoms with Gasteiger partial charge < -0.3 is 10.7 Å². The second-order valence-corrected chi connectivity index (χ2v) is 4.38. The maximum Gasteiger partial charge on any atom is 0.116 e. The monoisotopic (exact) mass is 265 g/mol. The maximum atomic E-state index is 5.61. The minimum atomic E-state index is 0.552. The normalized spacial score (nSPS) is 10.7. The summed E-state index contributed by atoms with van der Waals surface area (Å²) < 4.78 is 0. The van der Waals surface area contributed by atoms with Crippen LogP contribution < -0.4 is 5.73 Å². The molecule has 0 aromatic carbocycles. The average Bonchev–Trinajstić information content (AvgIpc) is 2.93. The molecular weight excluding hydrogens is 250 g/mol.